The van der Waals surface area contributed by atoms with Crippen molar-refractivity contribution in [1.29, 1.82) is 0 Å². The zero-order chi connectivity index (χ0) is 14.9. The summed E-state index contributed by atoms with van der Waals surface area (Å²) in [4.78, 5) is 0.408. The summed E-state index contributed by atoms with van der Waals surface area (Å²) in [5.74, 6) is 0. The molecule has 2 unspecified atom stereocenters. The normalized spacial score (nSPS) is 23.8. The van der Waals surface area contributed by atoms with Crippen molar-refractivity contribution >= 4 is 10.0 Å². The molecule has 2 atom stereocenters. The molecule has 2 aliphatic rings. The molecule has 21 heavy (non-hydrogen) atoms. The number of hydrogen-bond donors (Lipinski definition) is 2. The summed E-state index contributed by atoms with van der Waals surface area (Å²) in [7, 11) is -3.42. The van der Waals surface area contributed by atoms with Crippen LogP contribution in [0.15, 0.2) is 23.1 Å². The maximum atomic E-state index is 12.5. The first-order valence-corrected chi connectivity index (χ1v) is 9.42. The van der Waals surface area contributed by atoms with Crippen LogP contribution in [0, 0.1) is 0 Å². The van der Waals surface area contributed by atoms with Crippen molar-refractivity contribution in [3.63, 3.8) is 0 Å². The summed E-state index contributed by atoms with van der Waals surface area (Å²) in [6, 6.07) is 5.73. The molecule has 0 spiro atoms. The zero-order valence-corrected chi connectivity index (χ0v) is 13.4. The van der Waals surface area contributed by atoms with Crippen LogP contribution in [-0.2, 0) is 22.9 Å². The number of fused-ring (bicyclic) bond motifs is 1. The molecule has 1 aromatic rings. The fourth-order valence-electron chi connectivity index (χ4n) is 3.42. The molecular weight excluding hydrogens is 284 g/mol. The average molecular weight is 308 g/mol. The summed E-state index contributed by atoms with van der Waals surface area (Å²) in [6.45, 7) is 2.93. The topological polar surface area (TPSA) is 58.2 Å². The second-order valence-electron chi connectivity index (χ2n) is 6.25. The van der Waals surface area contributed by atoms with E-state index in [4.69, 9.17) is 0 Å². The van der Waals surface area contributed by atoms with Crippen LogP contribution in [0.3, 0.4) is 0 Å². The first-order valence-electron chi connectivity index (χ1n) is 7.94. The van der Waals surface area contributed by atoms with Crippen LogP contribution >= 0.6 is 0 Å². The molecule has 3 rings (SSSR count). The minimum atomic E-state index is -3.42. The van der Waals surface area contributed by atoms with E-state index in [1.165, 1.54) is 24.0 Å². The molecule has 4 nitrogen and oxygen atoms in total. The summed E-state index contributed by atoms with van der Waals surface area (Å²) < 4.78 is 27.9. The van der Waals surface area contributed by atoms with Gasteiger partial charge in [-0.15, -0.1) is 0 Å². The van der Waals surface area contributed by atoms with Gasteiger partial charge in [0.15, 0.2) is 0 Å². The highest BCUT2D eigenvalue weighted by atomic mass is 32.2. The molecule has 2 N–H and O–H groups in total. The van der Waals surface area contributed by atoms with Gasteiger partial charge in [-0.2, -0.15) is 0 Å². The number of nitrogens with one attached hydrogen (secondary N) is 2. The summed E-state index contributed by atoms with van der Waals surface area (Å²) >= 11 is 0. The Balaban J connectivity index is 1.74. The number of benzene rings is 1. The molecule has 1 aliphatic heterocycles. The van der Waals surface area contributed by atoms with E-state index in [-0.39, 0.29) is 12.1 Å². The Hall–Kier alpha value is -0.910. The van der Waals surface area contributed by atoms with Gasteiger partial charge in [-0.25, -0.2) is 13.1 Å². The minimum Gasteiger partial charge on any atom is -0.312 e. The number of piperidine rings is 1. The van der Waals surface area contributed by atoms with Crippen LogP contribution in [0.25, 0.3) is 0 Å². The van der Waals surface area contributed by atoms with Gasteiger partial charge in [0, 0.05) is 12.1 Å². The SMILES string of the molecule is CC(NS(=O)(=O)c1ccc2c(c1)CCC2)C1CCCCN1. The van der Waals surface area contributed by atoms with Gasteiger partial charge in [-0.3, -0.25) is 0 Å². The van der Waals surface area contributed by atoms with Gasteiger partial charge < -0.3 is 5.32 Å². The molecule has 116 valence electrons. The van der Waals surface area contributed by atoms with Crippen molar-refractivity contribution in [2.75, 3.05) is 6.54 Å². The second kappa shape index (κ2) is 6.07. The van der Waals surface area contributed by atoms with E-state index in [9.17, 15) is 8.42 Å². The second-order valence-corrected chi connectivity index (χ2v) is 7.96. The Labute approximate surface area is 127 Å². The van der Waals surface area contributed by atoms with Gasteiger partial charge >= 0.3 is 0 Å². The third kappa shape index (κ3) is 3.30. The quantitative estimate of drug-likeness (QED) is 0.894. The van der Waals surface area contributed by atoms with Crippen LogP contribution in [0.2, 0.25) is 0 Å². The van der Waals surface area contributed by atoms with E-state index in [0.29, 0.717) is 4.90 Å². The number of aryl methyl sites for hydroxylation is 2. The van der Waals surface area contributed by atoms with Crippen molar-refractivity contribution in [2.24, 2.45) is 0 Å². The molecule has 0 saturated carbocycles. The van der Waals surface area contributed by atoms with Crippen LogP contribution in [0.1, 0.15) is 43.7 Å². The predicted octanol–water partition coefficient (Wildman–Crippen LogP) is 1.98. The number of sulfonamides is 1. The third-order valence-electron chi connectivity index (χ3n) is 4.67. The summed E-state index contributed by atoms with van der Waals surface area (Å²) in [5.41, 5.74) is 2.50. The first kappa shape index (κ1) is 15.0. The van der Waals surface area contributed by atoms with E-state index in [1.807, 2.05) is 19.1 Å². The van der Waals surface area contributed by atoms with Gasteiger partial charge in [0.25, 0.3) is 0 Å². The predicted molar refractivity (Wildman–Crippen MR) is 83.9 cm³/mol. The molecule has 1 aromatic carbocycles. The van der Waals surface area contributed by atoms with Crippen LogP contribution in [0.5, 0.6) is 0 Å². The summed E-state index contributed by atoms with van der Waals surface area (Å²) in [6.07, 6.45) is 6.59. The van der Waals surface area contributed by atoms with E-state index in [0.717, 1.165) is 32.2 Å². The monoisotopic (exact) mass is 308 g/mol. The smallest absolute Gasteiger partial charge is 0.240 e. The van der Waals surface area contributed by atoms with Crippen LogP contribution in [0.4, 0.5) is 0 Å². The number of rotatable bonds is 4. The van der Waals surface area contributed by atoms with Crippen molar-refractivity contribution in [3.05, 3.63) is 29.3 Å². The molecule has 1 aliphatic carbocycles. The highest BCUT2D eigenvalue weighted by molar-refractivity contribution is 7.89. The lowest BCUT2D eigenvalue weighted by molar-refractivity contribution is 0.347. The summed E-state index contributed by atoms with van der Waals surface area (Å²) in [5, 5.41) is 3.41. The molecule has 0 aromatic heterocycles. The molecule has 1 fully saturated rings. The lowest BCUT2D eigenvalue weighted by atomic mass is 10.00. The maximum absolute atomic E-state index is 12.5. The van der Waals surface area contributed by atoms with Crippen molar-refractivity contribution in [1.82, 2.24) is 10.0 Å². The van der Waals surface area contributed by atoms with E-state index in [1.54, 1.807) is 6.07 Å². The van der Waals surface area contributed by atoms with E-state index in [2.05, 4.69) is 10.0 Å². The fraction of sp³-hybridized carbons (Fsp3) is 0.625. The molecule has 0 radical (unpaired) electrons. The Morgan fingerprint density at radius 3 is 2.76 bits per heavy atom. The minimum absolute atomic E-state index is 0.0800. The standard InChI is InChI=1S/C16H24N2O2S/c1-12(16-7-2-3-10-17-16)18-21(19,20)15-9-8-13-5-4-6-14(13)11-15/h8-9,11-12,16-18H,2-7,10H2,1H3. The van der Waals surface area contributed by atoms with Crippen LogP contribution < -0.4 is 10.0 Å². The Morgan fingerprint density at radius 2 is 2.00 bits per heavy atom. The first-order chi connectivity index (χ1) is 10.1. The molecule has 5 heteroatoms. The van der Waals surface area contributed by atoms with E-state index >= 15 is 0 Å². The average Bonchev–Trinajstić information content (AvgIpc) is 2.95. The molecule has 0 bridgehead atoms. The van der Waals surface area contributed by atoms with Crippen molar-refractivity contribution < 1.29 is 8.42 Å². The highest BCUT2D eigenvalue weighted by Gasteiger charge is 2.25. The van der Waals surface area contributed by atoms with Gasteiger partial charge in [-0.05, 0) is 68.8 Å². The highest BCUT2D eigenvalue weighted by Crippen LogP contribution is 2.25. The maximum Gasteiger partial charge on any atom is 0.240 e. The van der Waals surface area contributed by atoms with Gasteiger partial charge in [0.2, 0.25) is 10.0 Å². The van der Waals surface area contributed by atoms with Crippen molar-refractivity contribution in [2.45, 2.75) is 62.4 Å². The lowest BCUT2D eigenvalue weighted by Crippen LogP contribution is -2.50. The van der Waals surface area contributed by atoms with Gasteiger partial charge in [-0.1, -0.05) is 12.5 Å². The van der Waals surface area contributed by atoms with E-state index < -0.39 is 10.0 Å². The molecule has 1 saturated heterocycles. The number of hydrogen-bond acceptors (Lipinski definition) is 3. The van der Waals surface area contributed by atoms with Crippen molar-refractivity contribution in [3.8, 4) is 0 Å². The third-order valence-corrected chi connectivity index (χ3v) is 6.23. The largest absolute Gasteiger partial charge is 0.312 e. The Kier molecular flexibility index (Phi) is 4.33. The fourth-order valence-corrected chi connectivity index (χ4v) is 4.75. The zero-order valence-electron chi connectivity index (χ0n) is 12.6. The molecular formula is C16H24N2O2S. The van der Waals surface area contributed by atoms with Gasteiger partial charge in [0.05, 0.1) is 4.90 Å². The molecule has 1 heterocycles. The van der Waals surface area contributed by atoms with Gasteiger partial charge in [0.1, 0.15) is 0 Å². The van der Waals surface area contributed by atoms with Crippen LogP contribution in [-0.4, -0.2) is 27.0 Å². The molecule has 0 amide bonds. The Morgan fingerprint density at radius 1 is 1.19 bits per heavy atom. The lowest BCUT2D eigenvalue weighted by Gasteiger charge is -2.29. The Bertz CT molecular complexity index is 607.